The summed E-state index contributed by atoms with van der Waals surface area (Å²) in [5, 5.41) is 9.34. The summed E-state index contributed by atoms with van der Waals surface area (Å²) in [4.78, 5) is 14.4. The minimum atomic E-state index is 0.517. The van der Waals surface area contributed by atoms with Crippen LogP contribution in [0.5, 0.6) is 0 Å². The molecular formula is C13H14N6S. The fourth-order valence-electron chi connectivity index (χ4n) is 1.79. The molecule has 3 rings (SSSR count). The second kappa shape index (κ2) is 5.38. The van der Waals surface area contributed by atoms with Crippen LogP contribution in [0.25, 0.3) is 16.6 Å². The Kier molecular flexibility index (Phi) is 3.42. The molecule has 0 aliphatic carbocycles. The zero-order valence-electron chi connectivity index (χ0n) is 11.2. The number of thiophene rings is 1. The van der Waals surface area contributed by atoms with E-state index in [2.05, 4.69) is 38.4 Å². The van der Waals surface area contributed by atoms with Gasteiger partial charge in [0.15, 0.2) is 5.82 Å². The van der Waals surface area contributed by atoms with Crippen LogP contribution in [-0.2, 0) is 0 Å². The van der Waals surface area contributed by atoms with E-state index in [4.69, 9.17) is 0 Å². The van der Waals surface area contributed by atoms with Crippen molar-refractivity contribution in [2.45, 2.75) is 13.8 Å². The summed E-state index contributed by atoms with van der Waals surface area (Å²) in [6.07, 6.45) is 3.52. The van der Waals surface area contributed by atoms with E-state index >= 15 is 0 Å². The van der Waals surface area contributed by atoms with Gasteiger partial charge in [-0.25, -0.2) is 4.68 Å². The third-order valence-corrected chi connectivity index (χ3v) is 3.75. The van der Waals surface area contributed by atoms with Crippen molar-refractivity contribution in [3.05, 3.63) is 35.5 Å². The molecule has 0 saturated carbocycles. The van der Waals surface area contributed by atoms with Gasteiger partial charge >= 0.3 is 0 Å². The van der Waals surface area contributed by atoms with Gasteiger partial charge in [0.25, 0.3) is 5.95 Å². The molecule has 0 radical (unpaired) electrons. The van der Waals surface area contributed by atoms with E-state index in [1.165, 1.54) is 0 Å². The molecule has 0 saturated heterocycles. The molecule has 0 aliphatic heterocycles. The van der Waals surface area contributed by atoms with E-state index in [1.54, 1.807) is 22.2 Å². The van der Waals surface area contributed by atoms with Crippen LogP contribution in [0.4, 0.5) is 5.95 Å². The van der Waals surface area contributed by atoms with Crippen LogP contribution < -0.4 is 5.32 Å². The maximum Gasteiger partial charge on any atom is 0.255 e. The van der Waals surface area contributed by atoms with Gasteiger partial charge in [-0.3, -0.25) is 0 Å². The number of aryl methyl sites for hydroxylation is 1. The quantitative estimate of drug-likeness (QED) is 0.798. The first-order valence-electron chi connectivity index (χ1n) is 6.32. The molecule has 0 bridgehead atoms. The minimum Gasteiger partial charge on any atom is -0.354 e. The highest BCUT2D eigenvalue weighted by Gasteiger charge is 2.12. The predicted molar refractivity (Wildman–Crippen MR) is 79.2 cm³/mol. The van der Waals surface area contributed by atoms with E-state index in [0.717, 1.165) is 17.0 Å². The summed E-state index contributed by atoms with van der Waals surface area (Å²) < 4.78 is 1.63. The fourth-order valence-corrected chi connectivity index (χ4v) is 2.65. The van der Waals surface area contributed by atoms with Crippen molar-refractivity contribution in [1.29, 1.82) is 0 Å². The maximum absolute atomic E-state index is 4.51. The van der Waals surface area contributed by atoms with Crippen LogP contribution in [-0.4, -0.2) is 31.3 Å². The van der Waals surface area contributed by atoms with Gasteiger partial charge in [0.05, 0.1) is 4.88 Å². The largest absolute Gasteiger partial charge is 0.354 e. The molecule has 20 heavy (non-hydrogen) atoms. The second-order valence-electron chi connectivity index (χ2n) is 4.20. The Morgan fingerprint density at radius 1 is 1.30 bits per heavy atom. The summed E-state index contributed by atoms with van der Waals surface area (Å²) >= 11 is 1.63. The number of nitrogens with zero attached hydrogens (tertiary/aromatic N) is 5. The van der Waals surface area contributed by atoms with Gasteiger partial charge in [-0.1, -0.05) is 0 Å². The summed E-state index contributed by atoms with van der Waals surface area (Å²) in [5.41, 5.74) is 1.16. The lowest BCUT2D eigenvalue weighted by Gasteiger charge is -2.07. The second-order valence-corrected chi connectivity index (χ2v) is 5.11. The molecule has 0 spiro atoms. The molecule has 7 heteroatoms. The first kappa shape index (κ1) is 12.7. The van der Waals surface area contributed by atoms with Crippen LogP contribution >= 0.6 is 11.3 Å². The number of nitrogens with one attached hydrogen (secondary N) is 1. The molecule has 0 fully saturated rings. The first-order chi connectivity index (χ1) is 9.78. The Morgan fingerprint density at radius 3 is 2.85 bits per heavy atom. The molecule has 6 nitrogen and oxygen atoms in total. The third-order valence-electron chi connectivity index (χ3n) is 2.73. The molecule has 0 amide bonds. The number of hydrogen-bond donors (Lipinski definition) is 1. The van der Waals surface area contributed by atoms with E-state index < -0.39 is 0 Å². The molecule has 3 aromatic heterocycles. The van der Waals surface area contributed by atoms with Crippen molar-refractivity contribution in [2.24, 2.45) is 0 Å². The van der Waals surface area contributed by atoms with Crippen LogP contribution in [0.1, 0.15) is 12.5 Å². The highest BCUT2D eigenvalue weighted by molar-refractivity contribution is 7.13. The fraction of sp³-hybridized carbons (Fsp3) is 0.231. The van der Waals surface area contributed by atoms with Crippen molar-refractivity contribution < 1.29 is 0 Å². The Hall–Kier alpha value is -2.28. The van der Waals surface area contributed by atoms with Gasteiger partial charge in [-0.05, 0) is 36.9 Å². The smallest absolute Gasteiger partial charge is 0.255 e. The molecule has 0 atom stereocenters. The third kappa shape index (κ3) is 2.39. The molecule has 1 N–H and O–H groups in total. The highest BCUT2D eigenvalue weighted by Crippen LogP contribution is 2.26. The van der Waals surface area contributed by atoms with Gasteiger partial charge in [0, 0.05) is 18.9 Å². The maximum atomic E-state index is 4.51. The van der Waals surface area contributed by atoms with Gasteiger partial charge in [0.2, 0.25) is 5.95 Å². The van der Waals surface area contributed by atoms with Crippen LogP contribution in [0.2, 0.25) is 0 Å². The predicted octanol–water partition coefficient (Wildman–Crippen LogP) is 2.53. The Morgan fingerprint density at radius 2 is 2.20 bits per heavy atom. The highest BCUT2D eigenvalue weighted by atomic mass is 32.1. The summed E-state index contributed by atoms with van der Waals surface area (Å²) in [6.45, 7) is 4.81. The van der Waals surface area contributed by atoms with E-state index in [9.17, 15) is 0 Å². The van der Waals surface area contributed by atoms with Crippen molar-refractivity contribution in [1.82, 2.24) is 24.7 Å². The lowest BCUT2D eigenvalue weighted by molar-refractivity contribution is 0.798. The molecule has 102 valence electrons. The van der Waals surface area contributed by atoms with Gasteiger partial charge in [-0.15, -0.1) is 11.3 Å². The van der Waals surface area contributed by atoms with Crippen LogP contribution in [0, 0.1) is 6.92 Å². The number of hydrogen-bond acceptors (Lipinski definition) is 6. The molecule has 0 unspecified atom stereocenters. The molecular weight excluding hydrogens is 272 g/mol. The lowest BCUT2D eigenvalue weighted by atomic mass is 10.3. The van der Waals surface area contributed by atoms with E-state index in [1.807, 2.05) is 24.6 Å². The van der Waals surface area contributed by atoms with E-state index in [-0.39, 0.29) is 0 Å². The Bertz CT molecular complexity index is 703. The monoisotopic (exact) mass is 286 g/mol. The normalized spacial score (nSPS) is 10.7. The number of rotatable bonds is 4. The summed E-state index contributed by atoms with van der Waals surface area (Å²) in [6, 6.07) is 3.90. The van der Waals surface area contributed by atoms with Gasteiger partial charge < -0.3 is 5.32 Å². The Labute approximate surface area is 120 Å². The lowest BCUT2D eigenvalue weighted by Crippen LogP contribution is -2.10. The average molecular weight is 286 g/mol. The molecule has 3 heterocycles. The van der Waals surface area contributed by atoms with Crippen molar-refractivity contribution in [3.63, 3.8) is 0 Å². The summed E-state index contributed by atoms with van der Waals surface area (Å²) in [5.74, 6) is 1.76. The molecule has 0 aliphatic rings. The van der Waals surface area contributed by atoms with Crippen molar-refractivity contribution in [3.8, 4) is 16.6 Å². The molecule has 3 aromatic rings. The zero-order valence-corrected chi connectivity index (χ0v) is 12.1. The standard InChI is InChI=1S/C13H14N6S/c1-3-14-12-16-11(10-9(2)5-8-20-10)17-13(18-12)19-7-4-6-15-19/h4-8H,3H2,1-2H3,(H,14,16,17,18). The van der Waals surface area contributed by atoms with Crippen molar-refractivity contribution >= 4 is 17.3 Å². The van der Waals surface area contributed by atoms with Crippen LogP contribution in [0.3, 0.4) is 0 Å². The number of anilines is 1. The SMILES string of the molecule is CCNc1nc(-c2sccc2C)nc(-n2cccn2)n1. The average Bonchev–Trinajstić information content (AvgIpc) is 3.09. The Balaban J connectivity index is 2.12. The van der Waals surface area contributed by atoms with Crippen LogP contribution in [0.15, 0.2) is 29.9 Å². The number of aromatic nitrogens is 5. The van der Waals surface area contributed by atoms with Crippen molar-refractivity contribution in [2.75, 3.05) is 11.9 Å². The van der Waals surface area contributed by atoms with Gasteiger partial charge in [0.1, 0.15) is 0 Å². The van der Waals surface area contributed by atoms with Gasteiger partial charge in [-0.2, -0.15) is 20.1 Å². The zero-order chi connectivity index (χ0) is 13.9. The molecule has 0 aromatic carbocycles. The minimum absolute atomic E-state index is 0.517. The first-order valence-corrected chi connectivity index (χ1v) is 7.20. The topological polar surface area (TPSA) is 68.5 Å². The summed E-state index contributed by atoms with van der Waals surface area (Å²) in [7, 11) is 0. The van der Waals surface area contributed by atoms with E-state index in [0.29, 0.717) is 17.7 Å².